The third-order valence-electron chi connectivity index (χ3n) is 3.39. The zero-order valence-corrected chi connectivity index (χ0v) is 11.3. The molecule has 3 heteroatoms. The minimum atomic E-state index is 0.180. The average molecular weight is 259 g/mol. The summed E-state index contributed by atoms with van der Waals surface area (Å²) >= 11 is 0. The minimum absolute atomic E-state index is 0.180. The van der Waals surface area contributed by atoms with Gasteiger partial charge in [0.1, 0.15) is 5.76 Å². The van der Waals surface area contributed by atoms with Gasteiger partial charge in [0.2, 0.25) is 0 Å². The topological polar surface area (TPSA) is 45.4 Å². The van der Waals surface area contributed by atoms with Crippen molar-refractivity contribution >= 4 is 0 Å². The molecule has 0 amide bonds. The number of hydrogen-bond acceptors (Lipinski definition) is 3. The third kappa shape index (κ3) is 3.94. The van der Waals surface area contributed by atoms with E-state index < -0.39 is 0 Å². The Morgan fingerprint density at radius 2 is 1.95 bits per heavy atom. The average Bonchev–Trinajstić information content (AvgIpc) is 2.98. The number of aliphatic hydroxyl groups is 1. The Hall–Kier alpha value is -1.58. The molecule has 0 spiro atoms. The number of furan rings is 1. The lowest BCUT2D eigenvalue weighted by molar-refractivity contribution is 0.271. The fourth-order valence-corrected chi connectivity index (χ4v) is 2.22. The molecule has 0 aliphatic heterocycles. The van der Waals surface area contributed by atoms with Crippen LogP contribution < -0.4 is 5.32 Å². The summed E-state index contributed by atoms with van der Waals surface area (Å²) in [5, 5.41) is 12.7. The lowest BCUT2D eigenvalue weighted by Gasteiger charge is -2.19. The third-order valence-corrected chi connectivity index (χ3v) is 3.39. The molecule has 1 aromatic heterocycles. The van der Waals surface area contributed by atoms with Crippen molar-refractivity contribution in [2.24, 2.45) is 0 Å². The number of rotatable bonds is 7. The van der Waals surface area contributed by atoms with Gasteiger partial charge < -0.3 is 14.8 Å². The molecule has 0 saturated heterocycles. The second-order valence-electron chi connectivity index (χ2n) is 4.77. The van der Waals surface area contributed by atoms with E-state index in [1.807, 2.05) is 30.3 Å². The highest BCUT2D eigenvalue weighted by atomic mass is 16.3. The van der Waals surface area contributed by atoms with E-state index in [0.29, 0.717) is 5.92 Å². The van der Waals surface area contributed by atoms with E-state index in [1.165, 1.54) is 5.56 Å². The number of hydrogen-bond donors (Lipinski definition) is 2. The molecule has 0 fully saturated rings. The van der Waals surface area contributed by atoms with E-state index in [-0.39, 0.29) is 12.6 Å². The summed E-state index contributed by atoms with van der Waals surface area (Å²) in [4.78, 5) is 0. The van der Waals surface area contributed by atoms with Crippen molar-refractivity contribution in [3.63, 3.8) is 0 Å². The predicted molar refractivity (Wildman–Crippen MR) is 76.0 cm³/mol. The molecular formula is C16H21NO2. The van der Waals surface area contributed by atoms with Gasteiger partial charge >= 0.3 is 0 Å². The molecule has 0 aliphatic rings. The van der Waals surface area contributed by atoms with Crippen molar-refractivity contribution in [2.45, 2.75) is 25.3 Å². The standard InChI is InChI=1S/C16H21NO2/c1-13(16-8-5-11-19-16)17-12-15(9-10-18)14-6-3-2-4-7-14/h2-8,11,13,15,17-18H,9-10,12H2,1H3. The van der Waals surface area contributed by atoms with Gasteiger partial charge in [-0.1, -0.05) is 30.3 Å². The molecule has 3 nitrogen and oxygen atoms in total. The first-order valence-corrected chi connectivity index (χ1v) is 6.74. The van der Waals surface area contributed by atoms with E-state index in [4.69, 9.17) is 4.42 Å². The van der Waals surface area contributed by atoms with Crippen LogP contribution in [-0.4, -0.2) is 18.3 Å². The van der Waals surface area contributed by atoms with Crippen LogP contribution in [0.5, 0.6) is 0 Å². The van der Waals surface area contributed by atoms with Gasteiger partial charge in [-0.25, -0.2) is 0 Å². The van der Waals surface area contributed by atoms with Gasteiger partial charge in [-0.3, -0.25) is 0 Å². The van der Waals surface area contributed by atoms with Crippen LogP contribution in [0.25, 0.3) is 0 Å². The highest BCUT2D eigenvalue weighted by Crippen LogP contribution is 2.20. The van der Waals surface area contributed by atoms with Crippen molar-refractivity contribution in [3.05, 3.63) is 60.1 Å². The lowest BCUT2D eigenvalue weighted by Crippen LogP contribution is -2.25. The molecule has 19 heavy (non-hydrogen) atoms. The van der Waals surface area contributed by atoms with Crippen LogP contribution in [0.4, 0.5) is 0 Å². The van der Waals surface area contributed by atoms with E-state index >= 15 is 0 Å². The van der Waals surface area contributed by atoms with Crippen LogP contribution in [0, 0.1) is 0 Å². The highest BCUT2D eigenvalue weighted by molar-refractivity contribution is 5.20. The summed E-state index contributed by atoms with van der Waals surface area (Å²) in [5.74, 6) is 1.26. The Labute approximate surface area is 114 Å². The van der Waals surface area contributed by atoms with Crippen LogP contribution in [0.15, 0.2) is 53.1 Å². The first kappa shape index (κ1) is 13.8. The van der Waals surface area contributed by atoms with Crippen LogP contribution in [0.3, 0.4) is 0 Å². The number of nitrogens with one attached hydrogen (secondary N) is 1. The summed E-state index contributed by atoms with van der Waals surface area (Å²) in [5.41, 5.74) is 1.26. The Balaban J connectivity index is 1.94. The molecule has 2 atom stereocenters. The molecule has 0 radical (unpaired) electrons. The van der Waals surface area contributed by atoms with Crippen molar-refractivity contribution < 1.29 is 9.52 Å². The Morgan fingerprint density at radius 1 is 1.16 bits per heavy atom. The van der Waals surface area contributed by atoms with Gasteiger partial charge in [0.05, 0.1) is 12.3 Å². The largest absolute Gasteiger partial charge is 0.468 e. The molecule has 2 N–H and O–H groups in total. The normalized spacial score (nSPS) is 14.2. The maximum Gasteiger partial charge on any atom is 0.120 e. The highest BCUT2D eigenvalue weighted by Gasteiger charge is 2.14. The summed E-state index contributed by atoms with van der Waals surface area (Å²) in [6, 6.07) is 14.4. The molecule has 102 valence electrons. The molecule has 0 saturated carbocycles. The Bertz CT molecular complexity index is 453. The molecule has 2 aromatic rings. The van der Waals surface area contributed by atoms with Crippen LogP contribution in [-0.2, 0) is 0 Å². The maximum absolute atomic E-state index is 9.20. The van der Waals surface area contributed by atoms with Gasteiger partial charge in [0, 0.05) is 13.2 Å². The fourth-order valence-electron chi connectivity index (χ4n) is 2.22. The first-order valence-electron chi connectivity index (χ1n) is 6.74. The zero-order valence-electron chi connectivity index (χ0n) is 11.3. The molecule has 2 unspecified atom stereocenters. The Kier molecular flexibility index (Phi) is 5.19. The fraction of sp³-hybridized carbons (Fsp3) is 0.375. The SMILES string of the molecule is CC(NCC(CCO)c1ccccc1)c1ccco1. The second kappa shape index (κ2) is 7.12. The van der Waals surface area contributed by atoms with Crippen LogP contribution >= 0.6 is 0 Å². The molecular weight excluding hydrogens is 238 g/mol. The molecule has 1 heterocycles. The van der Waals surface area contributed by atoms with Gasteiger partial charge in [-0.05, 0) is 37.0 Å². The van der Waals surface area contributed by atoms with Crippen LogP contribution in [0.2, 0.25) is 0 Å². The molecule has 1 aromatic carbocycles. The smallest absolute Gasteiger partial charge is 0.120 e. The van der Waals surface area contributed by atoms with Gasteiger partial charge in [0.25, 0.3) is 0 Å². The van der Waals surface area contributed by atoms with Crippen molar-refractivity contribution in [2.75, 3.05) is 13.2 Å². The molecule has 2 rings (SSSR count). The molecule has 0 bridgehead atoms. The first-order chi connectivity index (χ1) is 9.31. The predicted octanol–water partition coefficient (Wildman–Crippen LogP) is 3.10. The minimum Gasteiger partial charge on any atom is -0.468 e. The maximum atomic E-state index is 9.20. The monoisotopic (exact) mass is 259 g/mol. The van der Waals surface area contributed by atoms with Crippen molar-refractivity contribution in [3.8, 4) is 0 Å². The van der Waals surface area contributed by atoms with Crippen molar-refractivity contribution in [1.29, 1.82) is 0 Å². The van der Waals surface area contributed by atoms with Gasteiger partial charge in [-0.15, -0.1) is 0 Å². The van der Waals surface area contributed by atoms with Crippen molar-refractivity contribution in [1.82, 2.24) is 5.32 Å². The van der Waals surface area contributed by atoms with E-state index in [0.717, 1.165) is 18.7 Å². The summed E-state index contributed by atoms with van der Waals surface area (Å²) < 4.78 is 5.38. The number of aliphatic hydroxyl groups excluding tert-OH is 1. The summed E-state index contributed by atoms with van der Waals surface area (Å²) in [6.45, 7) is 3.11. The Morgan fingerprint density at radius 3 is 2.58 bits per heavy atom. The van der Waals surface area contributed by atoms with E-state index in [9.17, 15) is 5.11 Å². The number of benzene rings is 1. The summed E-state index contributed by atoms with van der Waals surface area (Å²) in [7, 11) is 0. The second-order valence-corrected chi connectivity index (χ2v) is 4.77. The summed E-state index contributed by atoms with van der Waals surface area (Å²) in [6.07, 6.45) is 2.46. The van der Waals surface area contributed by atoms with E-state index in [1.54, 1.807) is 6.26 Å². The zero-order chi connectivity index (χ0) is 13.5. The lowest BCUT2D eigenvalue weighted by atomic mass is 9.95. The van der Waals surface area contributed by atoms with Gasteiger partial charge in [-0.2, -0.15) is 0 Å². The quantitative estimate of drug-likeness (QED) is 0.803. The molecule has 0 aliphatic carbocycles. The van der Waals surface area contributed by atoms with Crippen LogP contribution in [0.1, 0.15) is 36.6 Å². The van der Waals surface area contributed by atoms with Gasteiger partial charge in [0.15, 0.2) is 0 Å². The van der Waals surface area contributed by atoms with E-state index in [2.05, 4.69) is 24.4 Å².